The Morgan fingerprint density at radius 3 is 2.63 bits per heavy atom. The fraction of sp³-hybridized carbons (Fsp3) is 0.458. The van der Waals surface area contributed by atoms with E-state index >= 15 is 0 Å². The van der Waals surface area contributed by atoms with Crippen molar-refractivity contribution in [3.05, 3.63) is 63.6 Å². The molecule has 4 rings (SSSR count). The molecule has 2 aliphatic rings. The van der Waals surface area contributed by atoms with Crippen LogP contribution in [0.1, 0.15) is 42.9 Å². The van der Waals surface area contributed by atoms with Gasteiger partial charge >= 0.3 is 0 Å². The van der Waals surface area contributed by atoms with Crippen molar-refractivity contribution in [2.24, 2.45) is 0 Å². The smallest absolute Gasteiger partial charge is 0.260 e. The Hall–Kier alpha value is -1.75. The van der Waals surface area contributed by atoms with E-state index in [2.05, 4.69) is 29.2 Å². The summed E-state index contributed by atoms with van der Waals surface area (Å²) >= 11 is 12.0. The van der Waals surface area contributed by atoms with Gasteiger partial charge in [0.25, 0.3) is 5.91 Å². The molecule has 0 saturated carbocycles. The van der Waals surface area contributed by atoms with Crippen LogP contribution in [0.3, 0.4) is 0 Å². The Bertz CT molecular complexity index is 899. The van der Waals surface area contributed by atoms with Crippen molar-refractivity contribution in [2.75, 3.05) is 26.7 Å². The molecule has 0 N–H and O–H groups in total. The molecular formula is C24H28Cl2N2O2. The van der Waals surface area contributed by atoms with E-state index in [0.29, 0.717) is 21.8 Å². The summed E-state index contributed by atoms with van der Waals surface area (Å²) in [7, 11) is 1.91. The maximum absolute atomic E-state index is 13.2. The minimum absolute atomic E-state index is 0.0279. The standard InChI is InChI=1S/C24H28Cl2N2O2/c1-27(23(29)16-30-18-11-12-20(25)21(26)15-18)24-19-9-3-2-7-17(19)8-6-10-22(24)28-13-4-5-14-28/h2-3,7,9,11-12,15,22,24H,4-6,8,10,13-14,16H2,1H3/t22-,24-/m1/s1. The van der Waals surface area contributed by atoms with Gasteiger partial charge in [0.2, 0.25) is 0 Å². The van der Waals surface area contributed by atoms with Gasteiger partial charge in [0.1, 0.15) is 5.75 Å². The van der Waals surface area contributed by atoms with E-state index in [9.17, 15) is 4.79 Å². The maximum Gasteiger partial charge on any atom is 0.260 e. The first kappa shape index (κ1) is 21.5. The average molecular weight is 447 g/mol. The highest BCUT2D eigenvalue weighted by Gasteiger charge is 2.37. The molecule has 4 nitrogen and oxygen atoms in total. The number of amides is 1. The number of hydrogen-bond donors (Lipinski definition) is 0. The summed E-state index contributed by atoms with van der Waals surface area (Å²) in [6, 6.07) is 14.0. The molecule has 2 atom stereocenters. The number of rotatable bonds is 5. The highest BCUT2D eigenvalue weighted by molar-refractivity contribution is 6.42. The van der Waals surface area contributed by atoms with Gasteiger partial charge in [-0.3, -0.25) is 9.69 Å². The summed E-state index contributed by atoms with van der Waals surface area (Å²) in [4.78, 5) is 17.6. The van der Waals surface area contributed by atoms with Crippen LogP contribution in [-0.4, -0.2) is 48.5 Å². The monoisotopic (exact) mass is 446 g/mol. The second-order valence-electron chi connectivity index (χ2n) is 8.22. The van der Waals surface area contributed by atoms with E-state index in [1.54, 1.807) is 18.2 Å². The molecule has 1 saturated heterocycles. The largest absolute Gasteiger partial charge is 0.484 e. The van der Waals surface area contributed by atoms with E-state index in [4.69, 9.17) is 27.9 Å². The lowest BCUT2D eigenvalue weighted by Crippen LogP contribution is -2.47. The number of ether oxygens (including phenoxy) is 1. The average Bonchev–Trinajstić information content (AvgIpc) is 3.22. The topological polar surface area (TPSA) is 32.8 Å². The highest BCUT2D eigenvalue weighted by atomic mass is 35.5. The fourth-order valence-electron chi connectivity index (χ4n) is 4.81. The number of halogens is 2. The Morgan fingerprint density at radius 1 is 1.10 bits per heavy atom. The molecule has 6 heteroatoms. The predicted molar refractivity (Wildman–Crippen MR) is 121 cm³/mol. The van der Waals surface area contributed by atoms with Crippen molar-refractivity contribution in [1.82, 2.24) is 9.80 Å². The zero-order valence-corrected chi connectivity index (χ0v) is 18.8. The van der Waals surface area contributed by atoms with E-state index in [0.717, 1.165) is 32.4 Å². The molecule has 1 fully saturated rings. The van der Waals surface area contributed by atoms with Crippen molar-refractivity contribution >= 4 is 29.1 Å². The molecule has 2 aromatic carbocycles. The molecule has 30 heavy (non-hydrogen) atoms. The van der Waals surface area contributed by atoms with E-state index in [-0.39, 0.29) is 18.6 Å². The summed E-state index contributed by atoms with van der Waals surface area (Å²) in [5, 5.41) is 0.887. The molecule has 2 aromatic rings. The summed E-state index contributed by atoms with van der Waals surface area (Å²) in [6.45, 7) is 2.20. The molecule has 0 radical (unpaired) electrons. The SMILES string of the molecule is CN(C(=O)COc1ccc(Cl)c(Cl)c1)[C@@H]1c2ccccc2CCC[C@H]1N1CCCC1. The third-order valence-corrected chi connectivity index (χ3v) is 7.10. The van der Waals surface area contributed by atoms with Crippen molar-refractivity contribution in [1.29, 1.82) is 0 Å². The number of hydrogen-bond acceptors (Lipinski definition) is 3. The number of carbonyl (C=O) groups is 1. The Morgan fingerprint density at radius 2 is 1.87 bits per heavy atom. The van der Waals surface area contributed by atoms with Gasteiger partial charge < -0.3 is 9.64 Å². The fourth-order valence-corrected chi connectivity index (χ4v) is 5.10. The molecule has 1 heterocycles. The molecule has 1 aliphatic carbocycles. The summed E-state index contributed by atoms with van der Waals surface area (Å²) in [5.41, 5.74) is 2.63. The van der Waals surface area contributed by atoms with Gasteiger partial charge in [0.15, 0.2) is 6.61 Å². The van der Waals surface area contributed by atoms with Gasteiger partial charge in [-0.15, -0.1) is 0 Å². The Balaban J connectivity index is 1.55. The summed E-state index contributed by atoms with van der Waals surface area (Å²) in [6.07, 6.45) is 5.80. The number of likely N-dealkylation sites (tertiary alicyclic amines) is 1. The molecule has 0 unspecified atom stereocenters. The zero-order chi connectivity index (χ0) is 21.1. The third kappa shape index (κ3) is 4.61. The molecule has 160 valence electrons. The quantitative estimate of drug-likeness (QED) is 0.578. The van der Waals surface area contributed by atoms with Crippen LogP contribution in [0.5, 0.6) is 5.75 Å². The number of fused-ring (bicyclic) bond motifs is 1. The van der Waals surface area contributed by atoms with Crippen LogP contribution >= 0.6 is 23.2 Å². The van der Waals surface area contributed by atoms with Gasteiger partial charge in [0.05, 0.1) is 16.1 Å². The van der Waals surface area contributed by atoms with Gasteiger partial charge in [-0.05, 0) is 68.5 Å². The van der Waals surface area contributed by atoms with E-state index in [1.165, 1.54) is 24.0 Å². The van der Waals surface area contributed by atoms with Gasteiger partial charge in [-0.1, -0.05) is 47.5 Å². The molecule has 0 bridgehead atoms. The minimum Gasteiger partial charge on any atom is -0.484 e. The predicted octanol–water partition coefficient (Wildman–Crippen LogP) is 5.37. The molecular weight excluding hydrogens is 419 g/mol. The van der Waals surface area contributed by atoms with Crippen LogP contribution < -0.4 is 4.74 Å². The van der Waals surface area contributed by atoms with Crippen LogP contribution in [0.15, 0.2) is 42.5 Å². The lowest BCUT2D eigenvalue weighted by molar-refractivity contribution is -0.135. The summed E-state index contributed by atoms with van der Waals surface area (Å²) in [5.74, 6) is 0.510. The number of aryl methyl sites for hydroxylation is 1. The number of nitrogens with zero attached hydrogens (tertiary/aromatic N) is 2. The van der Waals surface area contributed by atoms with Crippen molar-refractivity contribution in [2.45, 2.75) is 44.2 Å². The van der Waals surface area contributed by atoms with Crippen LogP contribution in [0.4, 0.5) is 0 Å². The Labute approximate surface area is 188 Å². The van der Waals surface area contributed by atoms with Gasteiger partial charge in [0, 0.05) is 19.2 Å². The van der Waals surface area contributed by atoms with Gasteiger partial charge in [-0.25, -0.2) is 0 Å². The summed E-state index contributed by atoms with van der Waals surface area (Å²) < 4.78 is 5.75. The van der Waals surface area contributed by atoms with Crippen LogP contribution in [0.25, 0.3) is 0 Å². The molecule has 0 spiro atoms. The lowest BCUT2D eigenvalue weighted by Gasteiger charge is -2.39. The minimum atomic E-state index is -0.0352. The molecule has 1 amide bonds. The second kappa shape index (κ2) is 9.59. The molecule has 1 aliphatic heterocycles. The van der Waals surface area contributed by atoms with E-state index < -0.39 is 0 Å². The van der Waals surface area contributed by atoms with Crippen molar-refractivity contribution < 1.29 is 9.53 Å². The number of likely N-dealkylation sites (N-methyl/N-ethyl adjacent to an activating group) is 1. The first-order valence-electron chi connectivity index (χ1n) is 10.7. The first-order chi connectivity index (χ1) is 14.5. The first-order valence-corrected chi connectivity index (χ1v) is 11.5. The third-order valence-electron chi connectivity index (χ3n) is 6.36. The van der Waals surface area contributed by atoms with Crippen molar-refractivity contribution in [3.8, 4) is 5.75 Å². The van der Waals surface area contributed by atoms with Crippen LogP contribution in [0, 0.1) is 0 Å². The second-order valence-corrected chi connectivity index (χ2v) is 9.03. The zero-order valence-electron chi connectivity index (χ0n) is 17.3. The van der Waals surface area contributed by atoms with Crippen LogP contribution in [0.2, 0.25) is 10.0 Å². The molecule has 0 aromatic heterocycles. The Kier molecular flexibility index (Phi) is 6.87. The van der Waals surface area contributed by atoms with Crippen molar-refractivity contribution in [3.63, 3.8) is 0 Å². The van der Waals surface area contributed by atoms with Gasteiger partial charge in [-0.2, -0.15) is 0 Å². The number of carbonyl (C=O) groups excluding carboxylic acids is 1. The number of benzene rings is 2. The van der Waals surface area contributed by atoms with Crippen LogP contribution in [-0.2, 0) is 11.2 Å². The normalized spacial score (nSPS) is 21.7. The maximum atomic E-state index is 13.2. The highest BCUT2D eigenvalue weighted by Crippen LogP contribution is 2.37. The lowest BCUT2D eigenvalue weighted by atomic mass is 9.94. The van der Waals surface area contributed by atoms with E-state index in [1.807, 2.05) is 11.9 Å².